The van der Waals surface area contributed by atoms with Gasteiger partial charge in [-0.1, -0.05) is 34.1 Å². The van der Waals surface area contributed by atoms with Gasteiger partial charge in [-0.15, -0.1) is 0 Å². The van der Waals surface area contributed by atoms with Crippen molar-refractivity contribution in [1.82, 2.24) is 4.98 Å². The molecule has 0 N–H and O–H groups in total. The number of benzene rings is 1. The van der Waals surface area contributed by atoms with Crippen LogP contribution in [0.15, 0.2) is 36.5 Å². The van der Waals surface area contributed by atoms with Crippen LogP contribution in [-0.4, -0.2) is 9.91 Å². The van der Waals surface area contributed by atoms with Gasteiger partial charge in [0.1, 0.15) is 0 Å². The van der Waals surface area contributed by atoms with E-state index in [1.807, 2.05) is 6.07 Å². The molecule has 0 radical (unpaired) electrons. The van der Waals surface area contributed by atoms with Crippen molar-refractivity contribution in [3.05, 3.63) is 57.8 Å². The first-order chi connectivity index (χ1) is 9.11. The molecule has 0 saturated carbocycles. The molecule has 2 aromatic rings. The van der Waals surface area contributed by atoms with Crippen LogP contribution in [0.3, 0.4) is 0 Å². The van der Waals surface area contributed by atoms with Gasteiger partial charge in [0.2, 0.25) is 11.6 Å². The molecule has 0 aliphatic rings. The van der Waals surface area contributed by atoms with Crippen molar-refractivity contribution in [2.45, 2.75) is 12.3 Å². The van der Waals surface area contributed by atoms with Crippen LogP contribution in [0.25, 0.3) is 0 Å². The molecule has 1 heterocycles. The Kier molecular flexibility index (Phi) is 4.11. The number of aromatic nitrogens is 1. The van der Waals surface area contributed by atoms with E-state index in [9.17, 15) is 10.1 Å². The average Bonchev–Trinajstić information content (AvgIpc) is 2.41. The second-order valence-electron chi connectivity index (χ2n) is 3.92. The van der Waals surface area contributed by atoms with Crippen LogP contribution in [0, 0.1) is 17.0 Å². The standard InChI is InChI=1S/C13H11BrN2O3/c1-9-3-2-4-11(16(17)18)13(9)19-12-6-5-10(7-14)8-15-12/h2-6,8H,7H2,1H3. The highest BCUT2D eigenvalue weighted by molar-refractivity contribution is 9.08. The van der Waals surface area contributed by atoms with E-state index in [2.05, 4.69) is 20.9 Å². The summed E-state index contributed by atoms with van der Waals surface area (Å²) in [4.78, 5) is 14.6. The van der Waals surface area contributed by atoms with Crippen molar-refractivity contribution >= 4 is 21.6 Å². The highest BCUT2D eigenvalue weighted by Gasteiger charge is 2.18. The Morgan fingerprint density at radius 2 is 2.16 bits per heavy atom. The maximum absolute atomic E-state index is 11.0. The summed E-state index contributed by atoms with van der Waals surface area (Å²) in [6.45, 7) is 1.76. The van der Waals surface area contributed by atoms with E-state index in [0.29, 0.717) is 16.8 Å². The van der Waals surface area contributed by atoms with Crippen LogP contribution in [0.4, 0.5) is 5.69 Å². The lowest BCUT2D eigenvalue weighted by Crippen LogP contribution is -1.96. The third-order valence-corrected chi connectivity index (χ3v) is 3.19. The number of alkyl halides is 1. The summed E-state index contributed by atoms with van der Waals surface area (Å²) in [5, 5.41) is 11.7. The monoisotopic (exact) mass is 322 g/mol. The lowest BCUT2D eigenvalue weighted by atomic mass is 10.2. The minimum atomic E-state index is -0.463. The fraction of sp³-hybridized carbons (Fsp3) is 0.154. The van der Waals surface area contributed by atoms with E-state index in [0.717, 1.165) is 5.56 Å². The van der Waals surface area contributed by atoms with E-state index in [4.69, 9.17) is 4.74 Å². The third-order valence-electron chi connectivity index (χ3n) is 2.55. The van der Waals surface area contributed by atoms with Gasteiger partial charge in [0, 0.05) is 23.7 Å². The normalized spacial score (nSPS) is 10.2. The van der Waals surface area contributed by atoms with Crippen molar-refractivity contribution in [1.29, 1.82) is 0 Å². The molecule has 0 bridgehead atoms. The molecule has 0 aliphatic carbocycles. The number of hydrogen-bond donors (Lipinski definition) is 0. The zero-order valence-corrected chi connectivity index (χ0v) is 11.8. The van der Waals surface area contributed by atoms with Crippen LogP contribution in [0.2, 0.25) is 0 Å². The van der Waals surface area contributed by atoms with Crippen LogP contribution in [0.1, 0.15) is 11.1 Å². The topological polar surface area (TPSA) is 65.3 Å². The third kappa shape index (κ3) is 3.08. The van der Waals surface area contributed by atoms with Gasteiger partial charge < -0.3 is 4.74 Å². The number of nitrogens with zero attached hydrogens (tertiary/aromatic N) is 2. The molecule has 0 aliphatic heterocycles. The van der Waals surface area contributed by atoms with Gasteiger partial charge >= 0.3 is 5.69 Å². The molecule has 0 spiro atoms. The summed E-state index contributed by atoms with van der Waals surface area (Å²) in [6, 6.07) is 8.33. The molecule has 5 nitrogen and oxygen atoms in total. The molecule has 0 amide bonds. The Labute approximate surface area is 118 Å². The molecule has 0 unspecified atom stereocenters. The predicted molar refractivity (Wildman–Crippen MR) is 74.8 cm³/mol. The van der Waals surface area contributed by atoms with Crippen molar-refractivity contribution in [3.63, 3.8) is 0 Å². The Hall–Kier alpha value is -1.95. The number of halogens is 1. The molecule has 19 heavy (non-hydrogen) atoms. The van der Waals surface area contributed by atoms with E-state index in [-0.39, 0.29) is 11.4 Å². The number of aryl methyl sites for hydroxylation is 1. The van der Waals surface area contributed by atoms with Crippen molar-refractivity contribution < 1.29 is 9.66 Å². The second-order valence-corrected chi connectivity index (χ2v) is 4.48. The first-order valence-electron chi connectivity index (χ1n) is 5.54. The Bertz CT molecular complexity index is 599. The summed E-state index contributed by atoms with van der Waals surface area (Å²) in [5.41, 5.74) is 1.64. The average molecular weight is 323 g/mol. The molecule has 6 heteroatoms. The van der Waals surface area contributed by atoms with Crippen LogP contribution in [-0.2, 0) is 5.33 Å². The van der Waals surface area contributed by atoms with Gasteiger partial charge in [-0.05, 0) is 18.1 Å². The Balaban J connectivity index is 2.34. The highest BCUT2D eigenvalue weighted by atomic mass is 79.9. The summed E-state index contributed by atoms with van der Waals surface area (Å²) >= 11 is 3.32. The molecule has 98 valence electrons. The van der Waals surface area contributed by atoms with E-state index >= 15 is 0 Å². The number of para-hydroxylation sites is 1. The van der Waals surface area contributed by atoms with Gasteiger partial charge in [0.25, 0.3) is 0 Å². The first-order valence-corrected chi connectivity index (χ1v) is 6.66. The van der Waals surface area contributed by atoms with Gasteiger partial charge in [0.05, 0.1) is 4.92 Å². The number of ether oxygens (including phenoxy) is 1. The predicted octanol–water partition coefficient (Wildman–Crippen LogP) is 3.99. The van der Waals surface area contributed by atoms with Gasteiger partial charge in [-0.2, -0.15) is 0 Å². The first kappa shape index (κ1) is 13.5. The summed E-state index contributed by atoms with van der Waals surface area (Å²) < 4.78 is 5.53. The maximum Gasteiger partial charge on any atom is 0.311 e. The number of hydrogen-bond acceptors (Lipinski definition) is 4. The molecule has 0 atom stereocenters. The fourth-order valence-electron chi connectivity index (χ4n) is 1.57. The summed E-state index contributed by atoms with van der Waals surface area (Å²) in [6.07, 6.45) is 1.66. The minimum absolute atomic E-state index is 0.0635. The van der Waals surface area contributed by atoms with Gasteiger partial charge in [-0.25, -0.2) is 4.98 Å². The lowest BCUT2D eigenvalue weighted by Gasteiger charge is -2.08. The molecule has 1 aromatic heterocycles. The number of nitro groups is 1. The van der Waals surface area contributed by atoms with E-state index < -0.39 is 4.92 Å². The maximum atomic E-state index is 11.0. The molecule has 0 fully saturated rings. The van der Waals surface area contributed by atoms with Crippen molar-refractivity contribution in [2.75, 3.05) is 0 Å². The van der Waals surface area contributed by atoms with Crippen LogP contribution < -0.4 is 4.74 Å². The Morgan fingerprint density at radius 1 is 1.37 bits per heavy atom. The Morgan fingerprint density at radius 3 is 2.74 bits per heavy atom. The zero-order chi connectivity index (χ0) is 13.8. The summed E-state index contributed by atoms with van der Waals surface area (Å²) in [5.74, 6) is 0.564. The van der Waals surface area contributed by atoms with Crippen molar-refractivity contribution in [2.24, 2.45) is 0 Å². The number of pyridine rings is 1. The van der Waals surface area contributed by atoms with Gasteiger partial charge in [-0.3, -0.25) is 10.1 Å². The van der Waals surface area contributed by atoms with E-state index in [1.54, 1.807) is 31.3 Å². The highest BCUT2D eigenvalue weighted by Crippen LogP contribution is 2.33. The van der Waals surface area contributed by atoms with Crippen molar-refractivity contribution in [3.8, 4) is 11.6 Å². The quantitative estimate of drug-likeness (QED) is 0.485. The fourth-order valence-corrected chi connectivity index (χ4v) is 1.90. The molecular formula is C13H11BrN2O3. The smallest absolute Gasteiger partial charge is 0.311 e. The number of nitro benzene ring substituents is 1. The zero-order valence-electron chi connectivity index (χ0n) is 10.2. The number of rotatable bonds is 4. The molecule has 1 aromatic carbocycles. The van der Waals surface area contributed by atoms with Gasteiger partial charge in [0.15, 0.2) is 0 Å². The van der Waals surface area contributed by atoms with Crippen LogP contribution >= 0.6 is 15.9 Å². The molecular weight excluding hydrogens is 312 g/mol. The summed E-state index contributed by atoms with van der Waals surface area (Å²) in [7, 11) is 0. The van der Waals surface area contributed by atoms with E-state index in [1.165, 1.54) is 6.07 Å². The minimum Gasteiger partial charge on any atom is -0.432 e. The SMILES string of the molecule is Cc1cccc([N+](=O)[O-])c1Oc1ccc(CBr)cn1. The largest absolute Gasteiger partial charge is 0.432 e. The second kappa shape index (κ2) is 5.79. The lowest BCUT2D eigenvalue weighted by molar-refractivity contribution is -0.385. The molecule has 0 saturated heterocycles. The molecule has 2 rings (SSSR count). The van der Waals surface area contributed by atoms with Crippen LogP contribution in [0.5, 0.6) is 11.6 Å².